The van der Waals surface area contributed by atoms with Gasteiger partial charge in [-0.3, -0.25) is 0 Å². The number of benzene rings is 1. The van der Waals surface area contributed by atoms with Crippen molar-refractivity contribution in [3.05, 3.63) is 29.8 Å². The Bertz CT molecular complexity index is 451. The van der Waals surface area contributed by atoms with E-state index >= 15 is 0 Å². The zero-order valence-electron chi connectivity index (χ0n) is 9.01. The molecule has 1 aromatic rings. The number of anilines is 1. The minimum Gasteiger partial charge on any atom is -0.464 e. The molecule has 0 radical (unpaired) electrons. The molecule has 1 aliphatic heterocycles. The van der Waals surface area contributed by atoms with Gasteiger partial charge >= 0.3 is 5.97 Å². The Balaban J connectivity index is 2.12. The molecule has 4 nitrogen and oxygen atoms in total. The van der Waals surface area contributed by atoms with Crippen molar-refractivity contribution >= 4 is 11.7 Å². The van der Waals surface area contributed by atoms with Crippen molar-refractivity contribution in [3.63, 3.8) is 0 Å². The van der Waals surface area contributed by atoms with Crippen LogP contribution in [0.3, 0.4) is 0 Å². The van der Waals surface area contributed by atoms with Crippen molar-refractivity contribution in [3.8, 4) is 6.07 Å². The smallest absolute Gasteiger partial charge is 0.330 e. The molecular weight excluding hydrogens is 204 g/mol. The number of rotatable bonds is 3. The van der Waals surface area contributed by atoms with Gasteiger partial charge in [0.1, 0.15) is 12.1 Å². The maximum Gasteiger partial charge on any atom is 0.330 e. The van der Waals surface area contributed by atoms with Crippen LogP contribution in [0, 0.1) is 11.3 Å². The Hall–Kier alpha value is -2.02. The molecule has 1 unspecified atom stereocenters. The standard InChI is InChI=1S/C12H12N2O2/c1-2-16-12(15)11-8-14(11)10-6-4-3-5-9(10)7-13/h3-6,11H,2,8H2,1H3. The number of hydrogen-bond acceptors (Lipinski definition) is 4. The third kappa shape index (κ3) is 1.84. The first-order chi connectivity index (χ1) is 7.77. The molecular formula is C12H12N2O2. The van der Waals surface area contributed by atoms with Gasteiger partial charge in [-0.2, -0.15) is 5.26 Å². The summed E-state index contributed by atoms with van der Waals surface area (Å²) in [4.78, 5) is 13.3. The number of nitrogens with zero attached hydrogens (tertiary/aromatic N) is 2. The van der Waals surface area contributed by atoms with Gasteiger partial charge in [-0.25, -0.2) is 4.79 Å². The van der Waals surface area contributed by atoms with Crippen LogP contribution in [0.15, 0.2) is 24.3 Å². The third-order valence-electron chi connectivity index (χ3n) is 2.50. The summed E-state index contributed by atoms with van der Waals surface area (Å²) in [6.07, 6.45) is 0. The Kier molecular flexibility index (Phi) is 2.78. The van der Waals surface area contributed by atoms with Crippen molar-refractivity contribution in [1.82, 2.24) is 0 Å². The summed E-state index contributed by atoms with van der Waals surface area (Å²) >= 11 is 0. The molecule has 0 saturated carbocycles. The van der Waals surface area contributed by atoms with Crippen molar-refractivity contribution in [2.75, 3.05) is 18.1 Å². The fraction of sp³-hybridized carbons (Fsp3) is 0.333. The average Bonchev–Trinajstić information content (AvgIpc) is 3.09. The van der Waals surface area contributed by atoms with Crippen LogP contribution in [0.4, 0.5) is 5.69 Å². The highest BCUT2D eigenvalue weighted by Crippen LogP contribution is 2.31. The number of para-hydroxylation sites is 1. The van der Waals surface area contributed by atoms with Crippen LogP contribution in [0.25, 0.3) is 0 Å². The van der Waals surface area contributed by atoms with E-state index in [0.717, 1.165) is 5.69 Å². The van der Waals surface area contributed by atoms with Crippen LogP contribution in [0.5, 0.6) is 0 Å². The summed E-state index contributed by atoms with van der Waals surface area (Å²) in [6, 6.07) is 9.16. The van der Waals surface area contributed by atoms with E-state index in [1.807, 2.05) is 23.1 Å². The molecule has 16 heavy (non-hydrogen) atoms. The zero-order chi connectivity index (χ0) is 11.5. The van der Waals surface area contributed by atoms with E-state index in [9.17, 15) is 4.79 Å². The second-order valence-corrected chi connectivity index (χ2v) is 3.55. The van der Waals surface area contributed by atoms with Gasteiger partial charge in [0.15, 0.2) is 0 Å². The quantitative estimate of drug-likeness (QED) is 0.564. The van der Waals surface area contributed by atoms with Crippen LogP contribution in [0.2, 0.25) is 0 Å². The van der Waals surface area contributed by atoms with Crippen LogP contribution in [-0.2, 0) is 9.53 Å². The zero-order valence-corrected chi connectivity index (χ0v) is 9.01. The highest BCUT2D eigenvalue weighted by Gasteiger charge is 2.42. The number of ether oxygens (including phenoxy) is 1. The van der Waals surface area contributed by atoms with E-state index in [-0.39, 0.29) is 12.0 Å². The number of nitriles is 1. The maximum atomic E-state index is 11.4. The molecule has 0 amide bonds. The van der Waals surface area contributed by atoms with Crippen LogP contribution < -0.4 is 4.90 Å². The molecule has 1 saturated heterocycles. The second-order valence-electron chi connectivity index (χ2n) is 3.55. The third-order valence-corrected chi connectivity index (χ3v) is 2.50. The lowest BCUT2D eigenvalue weighted by Gasteiger charge is -2.06. The summed E-state index contributed by atoms with van der Waals surface area (Å²) in [7, 11) is 0. The van der Waals surface area contributed by atoms with E-state index in [2.05, 4.69) is 6.07 Å². The Labute approximate surface area is 94.0 Å². The lowest BCUT2D eigenvalue weighted by atomic mass is 10.2. The highest BCUT2D eigenvalue weighted by molar-refractivity contribution is 5.87. The molecule has 0 spiro atoms. The molecule has 1 fully saturated rings. The van der Waals surface area contributed by atoms with Gasteiger partial charge in [-0.05, 0) is 19.1 Å². The van der Waals surface area contributed by atoms with Gasteiger partial charge < -0.3 is 9.64 Å². The van der Waals surface area contributed by atoms with Gasteiger partial charge in [0.25, 0.3) is 0 Å². The summed E-state index contributed by atoms with van der Waals surface area (Å²) in [5.74, 6) is -0.213. The van der Waals surface area contributed by atoms with E-state index < -0.39 is 0 Å². The van der Waals surface area contributed by atoms with Gasteiger partial charge in [0.2, 0.25) is 0 Å². The van der Waals surface area contributed by atoms with Gasteiger partial charge in [-0.1, -0.05) is 12.1 Å². The molecule has 0 N–H and O–H groups in total. The summed E-state index contributed by atoms with van der Waals surface area (Å²) in [5, 5.41) is 8.93. The summed E-state index contributed by atoms with van der Waals surface area (Å²) < 4.78 is 4.93. The van der Waals surface area contributed by atoms with Gasteiger partial charge in [0.05, 0.1) is 24.4 Å². The molecule has 0 aromatic heterocycles. The monoisotopic (exact) mass is 216 g/mol. The first-order valence-corrected chi connectivity index (χ1v) is 5.20. The molecule has 1 aliphatic rings. The van der Waals surface area contributed by atoms with Crippen LogP contribution >= 0.6 is 0 Å². The second kappa shape index (κ2) is 4.23. The minimum atomic E-state index is -0.213. The topological polar surface area (TPSA) is 53.1 Å². The number of hydrogen-bond donors (Lipinski definition) is 0. The SMILES string of the molecule is CCOC(=O)C1CN1c1ccccc1C#N. The Morgan fingerprint density at radius 1 is 1.62 bits per heavy atom. The van der Waals surface area contributed by atoms with E-state index in [1.165, 1.54) is 0 Å². The van der Waals surface area contributed by atoms with Crippen molar-refractivity contribution < 1.29 is 9.53 Å². The molecule has 0 bridgehead atoms. The molecule has 4 heteroatoms. The van der Waals surface area contributed by atoms with Gasteiger partial charge in [0, 0.05) is 0 Å². The average molecular weight is 216 g/mol. The largest absolute Gasteiger partial charge is 0.464 e. The lowest BCUT2D eigenvalue weighted by molar-refractivity contribution is -0.142. The maximum absolute atomic E-state index is 11.4. The Morgan fingerprint density at radius 2 is 2.38 bits per heavy atom. The fourth-order valence-corrected chi connectivity index (χ4v) is 1.66. The highest BCUT2D eigenvalue weighted by atomic mass is 16.5. The van der Waals surface area contributed by atoms with Crippen molar-refractivity contribution in [1.29, 1.82) is 5.26 Å². The summed E-state index contributed by atoms with van der Waals surface area (Å²) in [6.45, 7) is 2.81. The lowest BCUT2D eigenvalue weighted by Crippen LogP contribution is -2.16. The molecule has 2 rings (SSSR count). The number of esters is 1. The van der Waals surface area contributed by atoms with Gasteiger partial charge in [-0.15, -0.1) is 0 Å². The fourth-order valence-electron chi connectivity index (χ4n) is 1.66. The molecule has 1 heterocycles. The molecule has 0 aliphatic carbocycles. The Morgan fingerprint density at radius 3 is 3.06 bits per heavy atom. The van der Waals surface area contributed by atoms with Crippen LogP contribution in [0.1, 0.15) is 12.5 Å². The molecule has 1 atom stereocenters. The van der Waals surface area contributed by atoms with E-state index in [4.69, 9.17) is 10.00 Å². The summed E-state index contributed by atoms with van der Waals surface area (Å²) in [5.41, 5.74) is 1.40. The number of carbonyl (C=O) groups is 1. The minimum absolute atomic E-state index is 0.213. The van der Waals surface area contributed by atoms with E-state index in [1.54, 1.807) is 13.0 Å². The molecule has 82 valence electrons. The number of carbonyl (C=O) groups excluding carboxylic acids is 1. The molecule has 1 aromatic carbocycles. The predicted molar refractivity (Wildman–Crippen MR) is 58.9 cm³/mol. The first-order valence-electron chi connectivity index (χ1n) is 5.20. The van der Waals surface area contributed by atoms with Crippen molar-refractivity contribution in [2.45, 2.75) is 13.0 Å². The normalized spacial score (nSPS) is 17.8. The van der Waals surface area contributed by atoms with Crippen LogP contribution in [-0.4, -0.2) is 25.2 Å². The first kappa shape index (κ1) is 10.5. The predicted octanol–water partition coefficient (Wildman–Crippen LogP) is 1.31. The van der Waals surface area contributed by atoms with E-state index in [0.29, 0.717) is 18.7 Å². The van der Waals surface area contributed by atoms with Crippen molar-refractivity contribution in [2.24, 2.45) is 0 Å².